The first-order valence-corrected chi connectivity index (χ1v) is 11.0. The van der Waals surface area contributed by atoms with Gasteiger partial charge in [-0.3, -0.25) is 9.78 Å². The van der Waals surface area contributed by atoms with Gasteiger partial charge in [-0.2, -0.15) is 4.98 Å². The van der Waals surface area contributed by atoms with Crippen LogP contribution in [0.2, 0.25) is 0 Å². The van der Waals surface area contributed by atoms with Crippen LogP contribution in [0.3, 0.4) is 0 Å². The maximum absolute atomic E-state index is 14.4. The number of carbonyl (C=O) groups excluding carboxylic acids is 1. The Kier molecular flexibility index (Phi) is 5.97. The van der Waals surface area contributed by atoms with Gasteiger partial charge in [0.1, 0.15) is 5.75 Å². The number of para-hydroxylation sites is 1. The zero-order valence-corrected chi connectivity index (χ0v) is 18.0. The second kappa shape index (κ2) is 9.36. The normalized spacial score (nSPS) is 21.1. The third kappa shape index (κ3) is 5.00. The summed E-state index contributed by atoms with van der Waals surface area (Å²) in [6.45, 7) is 2.14. The van der Waals surface area contributed by atoms with Gasteiger partial charge in [-0.15, -0.1) is 0 Å². The van der Waals surface area contributed by atoms with E-state index in [1.54, 1.807) is 30.6 Å². The van der Waals surface area contributed by atoms with Crippen LogP contribution in [-0.2, 0) is 4.79 Å². The molecule has 1 amide bonds. The number of halogens is 1. The van der Waals surface area contributed by atoms with Gasteiger partial charge < -0.3 is 15.0 Å². The second-order valence-electron chi connectivity index (χ2n) is 8.34. The van der Waals surface area contributed by atoms with Gasteiger partial charge in [-0.1, -0.05) is 24.3 Å². The number of amides is 1. The van der Waals surface area contributed by atoms with Crippen LogP contribution in [0.4, 0.5) is 10.2 Å². The number of piperidine rings is 1. The largest absolute Gasteiger partial charge is 0.424 e. The van der Waals surface area contributed by atoms with Crippen molar-refractivity contribution in [3.63, 3.8) is 0 Å². The summed E-state index contributed by atoms with van der Waals surface area (Å²) in [5, 5.41) is 2.94. The highest BCUT2D eigenvalue weighted by atomic mass is 19.1. The maximum atomic E-state index is 14.4. The fraction of sp³-hybridized carbons (Fsp3) is 0.280. The Morgan fingerprint density at radius 2 is 1.97 bits per heavy atom. The molecule has 1 unspecified atom stereocenters. The molecular weight excluding hydrogens is 421 g/mol. The third-order valence-corrected chi connectivity index (χ3v) is 6.22. The molecule has 5 rings (SSSR count). The smallest absolute Gasteiger partial charge is 0.324 e. The number of carbonyl (C=O) groups is 1. The summed E-state index contributed by atoms with van der Waals surface area (Å²) in [6.07, 6.45) is 8.76. The summed E-state index contributed by atoms with van der Waals surface area (Å²) in [5.41, 5.74) is 0.888. The molecule has 2 aliphatic rings. The van der Waals surface area contributed by atoms with E-state index in [4.69, 9.17) is 4.74 Å². The lowest BCUT2D eigenvalue weighted by Crippen LogP contribution is -2.28. The first-order chi connectivity index (χ1) is 16.2. The molecule has 0 bridgehead atoms. The Morgan fingerprint density at radius 3 is 2.73 bits per heavy atom. The highest BCUT2D eigenvalue weighted by molar-refractivity contribution is 5.91. The maximum Gasteiger partial charge on any atom is 0.324 e. The highest BCUT2D eigenvalue weighted by Crippen LogP contribution is 2.54. The number of pyridine rings is 1. The Bertz CT molecular complexity index is 1130. The van der Waals surface area contributed by atoms with Crippen molar-refractivity contribution in [1.29, 1.82) is 0 Å². The van der Waals surface area contributed by atoms with E-state index >= 15 is 0 Å². The summed E-state index contributed by atoms with van der Waals surface area (Å²) < 4.78 is 20.1. The van der Waals surface area contributed by atoms with Gasteiger partial charge in [0.05, 0.1) is 6.20 Å². The molecule has 3 heterocycles. The van der Waals surface area contributed by atoms with Crippen molar-refractivity contribution in [1.82, 2.24) is 20.3 Å². The number of fused-ring (bicyclic) bond motifs is 1. The highest BCUT2D eigenvalue weighted by Gasteiger charge is 2.55. The first kappa shape index (κ1) is 21.1. The number of hydrogen-bond donors (Lipinski definition) is 1. The number of anilines is 1. The molecule has 33 heavy (non-hydrogen) atoms. The van der Waals surface area contributed by atoms with Crippen molar-refractivity contribution < 1.29 is 13.9 Å². The topological polar surface area (TPSA) is 80.2 Å². The summed E-state index contributed by atoms with van der Waals surface area (Å²) in [4.78, 5) is 26.3. The fourth-order valence-corrected chi connectivity index (χ4v) is 4.53. The van der Waals surface area contributed by atoms with E-state index in [1.165, 1.54) is 6.08 Å². The Hall–Kier alpha value is -3.81. The zero-order valence-electron chi connectivity index (χ0n) is 18.0. The molecule has 1 aromatic carbocycles. The molecule has 1 aliphatic heterocycles. The number of ether oxygens (including phenoxy) is 1. The molecule has 8 heteroatoms. The molecule has 2 aromatic heterocycles. The predicted octanol–water partition coefficient (Wildman–Crippen LogP) is 3.70. The second-order valence-corrected chi connectivity index (χ2v) is 8.34. The van der Waals surface area contributed by atoms with Crippen molar-refractivity contribution in [2.75, 3.05) is 24.5 Å². The van der Waals surface area contributed by atoms with Crippen LogP contribution < -0.4 is 15.0 Å². The minimum absolute atomic E-state index is 0.111. The summed E-state index contributed by atoms with van der Waals surface area (Å²) in [6, 6.07) is 13.1. The molecule has 1 saturated heterocycles. The van der Waals surface area contributed by atoms with E-state index in [1.807, 2.05) is 35.2 Å². The summed E-state index contributed by atoms with van der Waals surface area (Å²) in [7, 11) is 0. The van der Waals surface area contributed by atoms with Crippen molar-refractivity contribution in [3.05, 3.63) is 78.5 Å². The Morgan fingerprint density at radius 1 is 1.15 bits per heavy atom. The van der Waals surface area contributed by atoms with Gasteiger partial charge in [-0.25, -0.2) is 9.37 Å². The quantitative estimate of drug-likeness (QED) is 0.533. The number of aromatic nitrogens is 3. The van der Waals surface area contributed by atoms with E-state index in [0.717, 1.165) is 31.3 Å². The molecule has 3 atom stereocenters. The van der Waals surface area contributed by atoms with Crippen LogP contribution in [0.1, 0.15) is 12.0 Å². The lowest BCUT2D eigenvalue weighted by molar-refractivity contribution is -0.116. The van der Waals surface area contributed by atoms with Gasteiger partial charge in [0, 0.05) is 38.1 Å². The van der Waals surface area contributed by atoms with Gasteiger partial charge in [0.2, 0.25) is 5.91 Å². The number of nitrogens with one attached hydrogen (secondary N) is 1. The molecule has 7 nitrogen and oxygen atoms in total. The molecular formula is C25H24FN5O2. The third-order valence-electron chi connectivity index (χ3n) is 6.22. The SMILES string of the molecule is O=C(/C=C/c1cccnc1)NCCC1[C@H]2CN(c3nc(Oc4ccccc4)ncc3F)C[C@@H]12. The van der Waals surface area contributed by atoms with Gasteiger partial charge in [-0.05, 0) is 54.0 Å². The number of nitrogens with zero attached hydrogens (tertiary/aromatic N) is 4. The average Bonchev–Trinajstić information content (AvgIpc) is 3.28. The standard InChI is InChI=1S/C25H24FN5O2/c26-22-14-29-25(33-18-6-2-1-3-7-18)30-24(22)31-15-20-19(21(20)16-31)10-12-28-23(32)9-8-17-5-4-11-27-13-17/h1-9,11,13-14,19-21H,10,12,15-16H2,(H,28,32)/b9-8+/t19?,20-,21+. The van der Waals surface area contributed by atoms with Crippen LogP contribution in [0.5, 0.6) is 11.8 Å². The van der Waals surface area contributed by atoms with Crippen LogP contribution in [0.25, 0.3) is 6.08 Å². The Labute approximate surface area is 191 Å². The molecule has 2 fully saturated rings. The van der Waals surface area contributed by atoms with Crippen LogP contribution >= 0.6 is 0 Å². The van der Waals surface area contributed by atoms with Crippen LogP contribution in [0.15, 0.2) is 67.1 Å². The van der Waals surface area contributed by atoms with Gasteiger partial charge in [0.25, 0.3) is 0 Å². The van der Waals surface area contributed by atoms with Gasteiger partial charge in [0.15, 0.2) is 11.6 Å². The Balaban J connectivity index is 1.09. The first-order valence-electron chi connectivity index (χ1n) is 11.0. The molecule has 1 saturated carbocycles. The van der Waals surface area contributed by atoms with Crippen molar-refractivity contribution in [3.8, 4) is 11.8 Å². The summed E-state index contributed by atoms with van der Waals surface area (Å²) >= 11 is 0. The minimum Gasteiger partial charge on any atom is -0.424 e. The van der Waals surface area contributed by atoms with E-state index < -0.39 is 5.82 Å². The predicted molar refractivity (Wildman–Crippen MR) is 122 cm³/mol. The number of hydrogen-bond acceptors (Lipinski definition) is 6. The van der Waals surface area contributed by atoms with E-state index in [0.29, 0.717) is 30.0 Å². The van der Waals surface area contributed by atoms with Crippen LogP contribution in [-0.4, -0.2) is 40.5 Å². The monoisotopic (exact) mass is 445 g/mol. The van der Waals surface area contributed by atoms with Crippen molar-refractivity contribution >= 4 is 17.8 Å². The van der Waals surface area contributed by atoms with Gasteiger partial charge >= 0.3 is 6.01 Å². The molecule has 1 N–H and O–H groups in total. The van der Waals surface area contributed by atoms with E-state index in [-0.39, 0.29) is 17.7 Å². The van der Waals surface area contributed by atoms with Crippen molar-refractivity contribution in [2.24, 2.45) is 17.8 Å². The molecule has 0 radical (unpaired) electrons. The molecule has 0 spiro atoms. The molecule has 3 aromatic rings. The zero-order chi connectivity index (χ0) is 22.6. The van der Waals surface area contributed by atoms with E-state index in [9.17, 15) is 9.18 Å². The molecule has 168 valence electrons. The lowest BCUT2D eigenvalue weighted by Gasteiger charge is -2.21. The molecule has 1 aliphatic carbocycles. The number of rotatable bonds is 8. The minimum atomic E-state index is -0.444. The van der Waals surface area contributed by atoms with Crippen molar-refractivity contribution in [2.45, 2.75) is 6.42 Å². The lowest BCUT2D eigenvalue weighted by atomic mass is 10.2. The van der Waals surface area contributed by atoms with E-state index in [2.05, 4.69) is 20.3 Å². The number of benzene rings is 1. The summed E-state index contributed by atoms with van der Waals surface area (Å²) in [5.74, 6) is 1.89. The van der Waals surface area contributed by atoms with Crippen LogP contribution in [0, 0.1) is 23.6 Å². The fourth-order valence-electron chi connectivity index (χ4n) is 4.53. The average molecular weight is 445 g/mol.